The highest BCUT2D eigenvalue weighted by molar-refractivity contribution is 7.15. The van der Waals surface area contributed by atoms with Gasteiger partial charge >= 0.3 is 0 Å². The first kappa shape index (κ1) is 12.5. The van der Waals surface area contributed by atoms with Gasteiger partial charge in [0.1, 0.15) is 16.9 Å². The minimum Gasteiger partial charge on any atom is -0.337 e. The van der Waals surface area contributed by atoms with Crippen LogP contribution in [0.4, 0.5) is 0 Å². The SMILES string of the molecule is O=C(c1ccccn1)N1CC[C@@H](c2ncn3ccsc23)C1. The van der Waals surface area contributed by atoms with E-state index in [1.165, 1.54) is 4.83 Å². The number of likely N-dealkylation sites (tertiary alicyclic amines) is 1. The van der Waals surface area contributed by atoms with Crippen LogP contribution in [0.3, 0.4) is 0 Å². The number of hydrogen-bond donors (Lipinski definition) is 0. The van der Waals surface area contributed by atoms with Crippen molar-refractivity contribution in [2.45, 2.75) is 12.3 Å². The van der Waals surface area contributed by atoms with Crippen LogP contribution in [0.2, 0.25) is 0 Å². The molecule has 4 heterocycles. The molecule has 4 rings (SSSR count). The topological polar surface area (TPSA) is 50.5 Å². The fraction of sp³-hybridized carbons (Fsp3) is 0.267. The minimum absolute atomic E-state index is 0.0136. The van der Waals surface area contributed by atoms with Gasteiger partial charge in [0.05, 0.1) is 5.69 Å². The Hall–Kier alpha value is -2.21. The molecule has 1 atom stereocenters. The lowest BCUT2D eigenvalue weighted by Gasteiger charge is -2.15. The summed E-state index contributed by atoms with van der Waals surface area (Å²) in [6, 6.07) is 5.43. The highest BCUT2D eigenvalue weighted by Gasteiger charge is 2.30. The van der Waals surface area contributed by atoms with Crippen molar-refractivity contribution in [1.29, 1.82) is 0 Å². The summed E-state index contributed by atoms with van der Waals surface area (Å²) in [5.41, 5.74) is 1.63. The first-order valence-corrected chi connectivity index (χ1v) is 7.81. The Bertz CT molecular complexity index is 779. The molecule has 0 N–H and O–H groups in total. The molecule has 106 valence electrons. The number of aromatic nitrogens is 3. The Morgan fingerprint density at radius 2 is 2.29 bits per heavy atom. The van der Waals surface area contributed by atoms with Crippen molar-refractivity contribution < 1.29 is 4.79 Å². The maximum absolute atomic E-state index is 12.4. The van der Waals surface area contributed by atoms with Crippen LogP contribution in [0, 0.1) is 0 Å². The van der Waals surface area contributed by atoms with Gasteiger partial charge in [0.2, 0.25) is 0 Å². The van der Waals surface area contributed by atoms with Crippen LogP contribution < -0.4 is 0 Å². The molecule has 0 radical (unpaired) electrons. The monoisotopic (exact) mass is 298 g/mol. The summed E-state index contributed by atoms with van der Waals surface area (Å²) in [6.45, 7) is 1.49. The average molecular weight is 298 g/mol. The number of carbonyl (C=O) groups excluding carboxylic acids is 1. The summed E-state index contributed by atoms with van der Waals surface area (Å²) in [5.74, 6) is 0.334. The fourth-order valence-electron chi connectivity index (χ4n) is 2.85. The molecule has 1 fully saturated rings. The predicted molar refractivity (Wildman–Crippen MR) is 80.6 cm³/mol. The number of thiazole rings is 1. The molecule has 1 amide bonds. The zero-order valence-corrected chi connectivity index (χ0v) is 12.2. The van der Waals surface area contributed by atoms with Gasteiger partial charge in [-0.25, -0.2) is 4.98 Å². The molecule has 3 aromatic heterocycles. The number of imidazole rings is 1. The molecule has 0 saturated carbocycles. The minimum atomic E-state index is 0.0136. The van der Waals surface area contributed by atoms with Gasteiger partial charge in [0.15, 0.2) is 0 Å². The third-order valence-electron chi connectivity index (χ3n) is 3.92. The smallest absolute Gasteiger partial charge is 0.272 e. The van der Waals surface area contributed by atoms with E-state index in [2.05, 4.69) is 15.3 Å². The summed E-state index contributed by atoms with van der Waals surface area (Å²) in [6.07, 6.45) is 6.49. The van der Waals surface area contributed by atoms with Gasteiger partial charge in [0, 0.05) is 36.8 Å². The Balaban J connectivity index is 1.55. The third kappa shape index (κ3) is 2.12. The van der Waals surface area contributed by atoms with E-state index >= 15 is 0 Å². The molecule has 0 spiro atoms. The number of nitrogens with zero attached hydrogens (tertiary/aromatic N) is 4. The van der Waals surface area contributed by atoms with Gasteiger partial charge in [-0.1, -0.05) is 6.07 Å². The number of carbonyl (C=O) groups is 1. The van der Waals surface area contributed by atoms with E-state index in [0.29, 0.717) is 11.6 Å². The molecule has 1 aliphatic rings. The highest BCUT2D eigenvalue weighted by Crippen LogP contribution is 2.31. The maximum Gasteiger partial charge on any atom is 0.272 e. The molecule has 1 saturated heterocycles. The molecule has 0 unspecified atom stereocenters. The van der Waals surface area contributed by atoms with Crippen LogP contribution in [0.25, 0.3) is 4.83 Å². The lowest BCUT2D eigenvalue weighted by molar-refractivity contribution is 0.0785. The summed E-state index contributed by atoms with van der Waals surface area (Å²) in [7, 11) is 0. The first-order valence-electron chi connectivity index (χ1n) is 6.93. The van der Waals surface area contributed by atoms with Crippen molar-refractivity contribution in [2.24, 2.45) is 0 Å². The summed E-state index contributed by atoms with van der Waals surface area (Å²) < 4.78 is 2.04. The first-order chi connectivity index (χ1) is 10.3. The van der Waals surface area contributed by atoms with Gasteiger partial charge in [-0.2, -0.15) is 0 Å². The molecule has 6 heteroatoms. The van der Waals surface area contributed by atoms with Crippen molar-refractivity contribution in [1.82, 2.24) is 19.3 Å². The fourth-order valence-corrected chi connectivity index (χ4v) is 3.74. The van der Waals surface area contributed by atoms with Gasteiger partial charge in [0.25, 0.3) is 5.91 Å². The zero-order valence-electron chi connectivity index (χ0n) is 11.3. The van der Waals surface area contributed by atoms with Crippen LogP contribution in [-0.2, 0) is 0 Å². The Labute approximate surface area is 125 Å². The van der Waals surface area contributed by atoms with Crippen LogP contribution in [0.1, 0.15) is 28.5 Å². The summed E-state index contributed by atoms with van der Waals surface area (Å²) in [5, 5.41) is 2.06. The number of rotatable bonds is 2. The van der Waals surface area contributed by atoms with Crippen molar-refractivity contribution in [2.75, 3.05) is 13.1 Å². The van der Waals surface area contributed by atoms with Crippen molar-refractivity contribution >= 4 is 22.1 Å². The van der Waals surface area contributed by atoms with Crippen LogP contribution >= 0.6 is 11.3 Å². The van der Waals surface area contributed by atoms with Crippen LogP contribution in [-0.4, -0.2) is 38.3 Å². The lowest BCUT2D eigenvalue weighted by Crippen LogP contribution is -2.29. The average Bonchev–Trinajstić information content (AvgIpc) is 3.23. The Morgan fingerprint density at radius 3 is 3.14 bits per heavy atom. The van der Waals surface area contributed by atoms with E-state index in [0.717, 1.165) is 25.2 Å². The van der Waals surface area contributed by atoms with Crippen molar-refractivity contribution in [3.63, 3.8) is 0 Å². The van der Waals surface area contributed by atoms with E-state index in [1.54, 1.807) is 23.6 Å². The van der Waals surface area contributed by atoms with Crippen molar-refractivity contribution in [3.8, 4) is 0 Å². The second-order valence-electron chi connectivity index (χ2n) is 5.20. The van der Waals surface area contributed by atoms with Crippen molar-refractivity contribution in [3.05, 3.63) is 53.7 Å². The van der Waals surface area contributed by atoms with E-state index in [-0.39, 0.29) is 5.91 Å². The van der Waals surface area contributed by atoms with Gasteiger partial charge in [-0.05, 0) is 18.6 Å². The number of hydrogen-bond acceptors (Lipinski definition) is 4. The molecule has 5 nitrogen and oxygen atoms in total. The lowest BCUT2D eigenvalue weighted by atomic mass is 10.1. The number of amides is 1. The predicted octanol–water partition coefficient (Wildman–Crippen LogP) is 2.42. The van der Waals surface area contributed by atoms with E-state index in [9.17, 15) is 4.79 Å². The van der Waals surface area contributed by atoms with Gasteiger partial charge in [-0.15, -0.1) is 11.3 Å². The normalized spacial score (nSPS) is 18.5. The van der Waals surface area contributed by atoms with Crippen LogP contribution in [0.5, 0.6) is 0 Å². The molecule has 0 aromatic carbocycles. The highest BCUT2D eigenvalue weighted by atomic mass is 32.1. The van der Waals surface area contributed by atoms with E-state index in [1.807, 2.05) is 34.0 Å². The molecular weight excluding hydrogens is 284 g/mol. The van der Waals surface area contributed by atoms with Gasteiger partial charge < -0.3 is 4.90 Å². The molecule has 0 bridgehead atoms. The molecule has 0 aliphatic carbocycles. The Morgan fingerprint density at radius 1 is 1.33 bits per heavy atom. The molecule has 1 aliphatic heterocycles. The maximum atomic E-state index is 12.4. The zero-order chi connectivity index (χ0) is 14.2. The summed E-state index contributed by atoms with van der Waals surface area (Å²) in [4.78, 5) is 24.2. The largest absolute Gasteiger partial charge is 0.337 e. The second kappa shape index (κ2) is 4.96. The van der Waals surface area contributed by atoms with E-state index in [4.69, 9.17) is 0 Å². The number of pyridine rings is 1. The molecular formula is C15H14N4OS. The number of fused-ring (bicyclic) bond motifs is 1. The van der Waals surface area contributed by atoms with Crippen LogP contribution in [0.15, 0.2) is 42.3 Å². The van der Waals surface area contributed by atoms with E-state index < -0.39 is 0 Å². The molecule has 21 heavy (non-hydrogen) atoms. The molecule has 3 aromatic rings. The summed E-state index contributed by atoms with van der Waals surface area (Å²) >= 11 is 1.70. The van der Waals surface area contributed by atoms with Gasteiger partial charge in [-0.3, -0.25) is 14.2 Å². The quantitative estimate of drug-likeness (QED) is 0.730. The second-order valence-corrected chi connectivity index (χ2v) is 6.09. The third-order valence-corrected chi connectivity index (χ3v) is 4.82. The standard InChI is InChI=1S/C15H14N4OS/c20-14(12-3-1-2-5-16-12)18-6-4-11(9-18)13-15-19(10-17-13)7-8-21-15/h1-3,5,7-8,10-11H,4,6,9H2/t11-/m1/s1. The Kier molecular flexibility index (Phi) is 2.96.